The van der Waals surface area contributed by atoms with Gasteiger partial charge >= 0.3 is 5.69 Å². The van der Waals surface area contributed by atoms with E-state index in [0.29, 0.717) is 31.2 Å². The summed E-state index contributed by atoms with van der Waals surface area (Å²) in [6.45, 7) is 1.93. The molecule has 3 unspecified atom stereocenters. The molecule has 0 saturated carbocycles. The van der Waals surface area contributed by atoms with Crippen molar-refractivity contribution in [2.75, 3.05) is 0 Å². The number of aromatic amines is 1. The normalized spacial score (nSPS) is 21.9. The number of aliphatic hydroxyl groups is 1. The van der Waals surface area contributed by atoms with E-state index in [0.717, 1.165) is 38.4 Å². The molecule has 0 aliphatic carbocycles. The molecule has 1 aromatic rings. The molecule has 0 amide bonds. The third kappa shape index (κ3) is 6.71. The average Bonchev–Trinajstić information content (AvgIpc) is 3.05. The molecule has 28 heavy (non-hydrogen) atoms. The van der Waals surface area contributed by atoms with Crippen molar-refractivity contribution in [2.45, 2.75) is 102 Å². The van der Waals surface area contributed by atoms with Crippen molar-refractivity contribution in [3.05, 3.63) is 32.6 Å². The molecule has 1 aromatic heterocycles. The van der Waals surface area contributed by atoms with Crippen LogP contribution in [0.15, 0.2) is 15.8 Å². The summed E-state index contributed by atoms with van der Waals surface area (Å²) in [6.07, 6.45) is 12.2. The number of hydrogen-bond donors (Lipinski definition) is 2. The van der Waals surface area contributed by atoms with Crippen molar-refractivity contribution in [1.29, 1.82) is 0 Å². The molecule has 0 aromatic carbocycles. The quantitative estimate of drug-likeness (QED) is 0.396. The Balaban J connectivity index is 1.77. The fourth-order valence-electron chi connectivity index (χ4n) is 3.78. The summed E-state index contributed by atoms with van der Waals surface area (Å²) < 4.78 is 7.17. The Hall–Kier alpha value is -1.73. The number of nitrogens with one attached hydrogen (secondary N) is 1. The predicted molar refractivity (Wildman–Crippen MR) is 107 cm³/mol. The Morgan fingerprint density at radius 2 is 1.79 bits per heavy atom. The maximum atomic E-state index is 12.1. The zero-order valence-corrected chi connectivity index (χ0v) is 16.9. The van der Waals surface area contributed by atoms with Gasteiger partial charge in [-0.1, -0.05) is 45.4 Å². The summed E-state index contributed by atoms with van der Waals surface area (Å²) in [4.78, 5) is 36.9. The Morgan fingerprint density at radius 3 is 2.39 bits per heavy atom. The highest BCUT2D eigenvalue weighted by Crippen LogP contribution is 2.29. The van der Waals surface area contributed by atoms with Crippen LogP contribution in [0.1, 0.15) is 89.3 Å². The fraction of sp³-hybridized carbons (Fsp3) is 0.762. The van der Waals surface area contributed by atoms with Crippen molar-refractivity contribution in [3.8, 4) is 0 Å². The van der Waals surface area contributed by atoms with Crippen molar-refractivity contribution >= 4 is 6.29 Å². The molecule has 2 heterocycles. The third-order valence-electron chi connectivity index (χ3n) is 5.48. The van der Waals surface area contributed by atoms with Crippen LogP contribution in [0, 0.1) is 0 Å². The summed E-state index contributed by atoms with van der Waals surface area (Å²) in [5.41, 5.74) is -0.231. The van der Waals surface area contributed by atoms with Crippen LogP contribution in [-0.4, -0.2) is 33.2 Å². The van der Waals surface area contributed by atoms with Gasteiger partial charge in [-0.25, -0.2) is 4.79 Å². The first-order valence-electron chi connectivity index (χ1n) is 10.7. The summed E-state index contributed by atoms with van der Waals surface area (Å²) in [5, 5.41) is 10.0. The van der Waals surface area contributed by atoms with Gasteiger partial charge in [0, 0.05) is 24.6 Å². The van der Waals surface area contributed by atoms with Gasteiger partial charge in [0.2, 0.25) is 0 Å². The molecule has 1 fully saturated rings. The van der Waals surface area contributed by atoms with Gasteiger partial charge in [-0.2, -0.15) is 0 Å². The second-order valence-corrected chi connectivity index (χ2v) is 7.70. The summed E-state index contributed by atoms with van der Waals surface area (Å²) in [7, 11) is 0. The van der Waals surface area contributed by atoms with E-state index in [1.54, 1.807) is 6.20 Å². The number of aldehydes is 1. The van der Waals surface area contributed by atoms with Gasteiger partial charge in [0.25, 0.3) is 5.56 Å². The van der Waals surface area contributed by atoms with E-state index in [4.69, 9.17) is 4.74 Å². The van der Waals surface area contributed by atoms with Crippen LogP contribution in [0.3, 0.4) is 0 Å². The number of carbonyl (C=O) groups is 1. The minimum Gasteiger partial charge on any atom is -0.390 e. The maximum absolute atomic E-state index is 12.1. The van der Waals surface area contributed by atoms with Gasteiger partial charge in [-0.3, -0.25) is 14.3 Å². The van der Waals surface area contributed by atoms with Crippen molar-refractivity contribution in [3.63, 3.8) is 0 Å². The Labute approximate surface area is 166 Å². The molecular formula is C21H34N2O5. The molecule has 158 valence electrons. The first-order valence-corrected chi connectivity index (χ1v) is 10.7. The molecule has 1 aliphatic rings. The second-order valence-electron chi connectivity index (χ2n) is 7.70. The number of aryl methyl sites for hydroxylation is 1. The van der Waals surface area contributed by atoms with Crippen LogP contribution in [0.4, 0.5) is 0 Å². The zero-order valence-electron chi connectivity index (χ0n) is 16.9. The van der Waals surface area contributed by atoms with E-state index in [-0.39, 0.29) is 11.7 Å². The second kappa shape index (κ2) is 12.0. The van der Waals surface area contributed by atoms with E-state index >= 15 is 0 Å². The molecule has 7 heteroatoms. The third-order valence-corrected chi connectivity index (χ3v) is 5.48. The highest BCUT2D eigenvalue weighted by molar-refractivity contribution is 5.48. The lowest BCUT2D eigenvalue weighted by Gasteiger charge is -2.15. The molecule has 1 aliphatic heterocycles. The number of aromatic nitrogens is 2. The van der Waals surface area contributed by atoms with Gasteiger partial charge in [0.15, 0.2) is 0 Å². The standard InChI is InChI=1S/C21H34N2O5/c1-2-18-17(25)14-19(28-18)23-15-16(20(26)22-21(23)27)12-10-8-6-4-3-5-7-9-11-13-24/h13,15,17-19,25H,2-12,14H2,1H3,(H,22,26,27). The number of H-pyrrole nitrogens is 1. The topological polar surface area (TPSA) is 101 Å². The van der Waals surface area contributed by atoms with Crippen LogP contribution in [0.25, 0.3) is 0 Å². The first-order chi connectivity index (χ1) is 13.6. The maximum Gasteiger partial charge on any atom is 0.330 e. The highest BCUT2D eigenvalue weighted by atomic mass is 16.5. The molecule has 1 saturated heterocycles. The lowest BCUT2D eigenvalue weighted by atomic mass is 10.0. The lowest BCUT2D eigenvalue weighted by molar-refractivity contribution is -0.107. The van der Waals surface area contributed by atoms with Crippen LogP contribution in [-0.2, 0) is 16.0 Å². The number of carbonyl (C=O) groups excluding carboxylic acids is 1. The van der Waals surface area contributed by atoms with E-state index in [2.05, 4.69) is 4.98 Å². The van der Waals surface area contributed by atoms with Crippen LogP contribution in [0.5, 0.6) is 0 Å². The van der Waals surface area contributed by atoms with E-state index < -0.39 is 18.0 Å². The van der Waals surface area contributed by atoms with E-state index in [9.17, 15) is 19.5 Å². The first kappa shape index (κ1) is 22.6. The molecular weight excluding hydrogens is 360 g/mol. The van der Waals surface area contributed by atoms with Gasteiger partial charge in [-0.15, -0.1) is 0 Å². The fourth-order valence-corrected chi connectivity index (χ4v) is 3.78. The van der Waals surface area contributed by atoms with Gasteiger partial charge in [0.05, 0.1) is 12.2 Å². The van der Waals surface area contributed by atoms with Gasteiger partial charge < -0.3 is 14.6 Å². The van der Waals surface area contributed by atoms with Gasteiger partial charge in [0.1, 0.15) is 12.5 Å². The largest absolute Gasteiger partial charge is 0.390 e. The molecule has 0 spiro atoms. The summed E-state index contributed by atoms with van der Waals surface area (Å²) in [5.74, 6) is 0. The molecule has 0 radical (unpaired) electrons. The van der Waals surface area contributed by atoms with Crippen LogP contribution in [0.2, 0.25) is 0 Å². The summed E-state index contributed by atoms with van der Waals surface area (Å²) in [6, 6.07) is 0. The summed E-state index contributed by atoms with van der Waals surface area (Å²) >= 11 is 0. The van der Waals surface area contributed by atoms with E-state index in [1.807, 2.05) is 6.92 Å². The minimum atomic E-state index is -0.587. The van der Waals surface area contributed by atoms with Crippen molar-refractivity contribution in [1.82, 2.24) is 9.55 Å². The van der Waals surface area contributed by atoms with Crippen molar-refractivity contribution < 1.29 is 14.6 Å². The molecule has 3 atom stereocenters. The SMILES string of the molecule is CCC1OC(n2cc(CCCCCCCCCCC=O)c(=O)[nH]c2=O)CC1O. The number of rotatable bonds is 13. The number of aliphatic hydroxyl groups excluding tert-OH is 1. The molecule has 2 N–H and O–H groups in total. The Kier molecular flexibility index (Phi) is 9.64. The number of unbranched alkanes of at least 4 members (excludes halogenated alkanes) is 8. The average molecular weight is 395 g/mol. The number of ether oxygens (including phenoxy) is 1. The minimum absolute atomic E-state index is 0.272. The Morgan fingerprint density at radius 1 is 1.14 bits per heavy atom. The number of hydrogen-bond acceptors (Lipinski definition) is 5. The zero-order chi connectivity index (χ0) is 20.4. The van der Waals surface area contributed by atoms with Crippen molar-refractivity contribution in [2.24, 2.45) is 0 Å². The molecule has 0 bridgehead atoms. The van der Waals surface area contributed by atoms with Crippen LogP contribution < -0.4 is 11.2 Å². The monoisotopic (exact) mass is 394 g/mol. The van der Waals surface area contributed by atoms with Crippen LogP contribution >= 0.6 is 0 Å². The molecule has 2 rings (SSSR count). The van der Waals surface area contributed by atoms with E-state index in [1.165, 1.54) is 23.8 Å². The number of nitrogens with zero attached hydrogens (tertiary/aromatic N) is 1. The smallest absolute Gasteiger partial charge is 0.330 e. The lowest BCUT2D eigenvalue weighted by Crippen LogP contribution is -2.34. The van der Waals surface area contributed by atoms with Gasteiger partial charge in [-0.05, 0) is 25.7 Å². The highest BCUT2D eigenvalue weighted by Gasteiger charge is 2.34. The molecule has 7 nitrogen and oxygen atoms in total. The predicted octanol–water partition coefficient (Wildman–Crippen LogP) is 2.85. The Bertz CT molecular complexity index is 711.